The number of aromatic nitrogens is 4. The molecule has 1 aliphatic carbocycles. The van der Waals surface area contributed by atoms with Crippen molar-refractivity contribution in [2.24, 2.45) is 7.05 Å². The minimum absolute atomic E-state index is 0.313. The van der Waals surface area contributed by atoms with Crippen molar-refractivity contribution in [3.63, 3.8) is 0 Å². The van der Waals surface area contributed by atoms with E-state index in [9.17, 15) is 9.50 Å². The van der Waals surface area contributed by atoms with Gasteiger partial charge in [0, 0.05) is 19.6 Å². The second-order valence-corrected chi connectivity index (χ2v) is 7.01. The second kappa shape index (κ2) is 6.34. The number of benzene rings is 1. The van der Waals surface area contributed by atoms with Crippen LogP contribution >= 0.6 is 15.9 Å². The maximum absolute atomic E-state index is 13.1. The Balaban J connectivity index is 1.70. The third kappa shape index (κ3) is 3.11. The van der Waals surface area contributed by atoms with Gasteiger partial charge in [-0.05, 0) is 46.5 Å². The number of aryl methyl sites for hydroxylation is 1. The van der Waals surface area contributed by atoms with Crippen LogP contribution in [0.1, 0.15) is 24.5 Å². The molecule has 0 spiro atoms. The molecule has 1 fully saturated rings. The third-order valence-electron chi connectivity index (χ3n) is 4.44. The SMILES string of the molecule is Cn1nc(Br)c2c(N(CC(O)c3ccc(F)cc3)C3CC3)ncnc21. The molecule has 6 nitrogen and oxygen atoms in total. The molecule has 1 atom stereocenters. The summed E-state index contributed by atoms with van der Waals surface area (Å²) in [6.07, 6.45) is 2.89. The number of aliphatic hydroxyl groups excluding tert-OH is 1. The van der Waals surface area contributed by atoms with Gasteiger partial charge in [0.1, 0.15) is 22.6 Å². The third-order valence-corrected chi connectivity index (χ3v) is 5.00. The molecular formula is C17H17BrFN5O. The van der Waals surface area contributed by atoms with Gasteiger partial charge in [0.15, 0.2) is 5.65 Å². The average Bonchev–Trinajstić information content (AvgIpc) is 3.40. The Bertz CT molecular complexity index is 909. The fourth-order valence-corrected chi connectivity index (χ4v) is 3.61. The van der Waals surface area contributed by atoms with E-state index in [1.807, 2.05) is 7.05 Å². The molecule has 0 amide bonds. The normalized spacial score (nSPS) is 15.5. The summed E-state index contributed by atoms with van der Waals surface area (Å²) in [5.41, 5.74) is 1.42. The van der Waals surface area contributed by atoms with Gasteiger partial charge in [0.25, 0.3) is 0 Å². The quantitative estimate of drug-likeness (QED) is 0.706. The minimum Gasteiger partial charge on any atom is -0.387 e. The fourth-order valence-electron chi connectivity index (χ4n) is 3.02. The monoisotopic (exact) mass is 405 g/mol. The predicted molar refractivity (Wildman–Crippen MR) is 95.7 cm³/mol. The molecule has 1 N–H and O–H groups in total. The van der Waals surface area contributed by atoms with Crippen molar-refractivity contribution in [3.05, 3.63) is 46.6 Å². The minimum atomic E-state index is -0.735. The summed E-state index contributed by atoms with van der Waals surface area (Å²) >= 11 is 3.48. The molecule has 1 saturated carbocycles. The number of nitrogens with zero attached hydrogens (tertiary/aromatic N) is 5. The van der Waals surface area contributed by atoms with Crippen LogP contribution in [0.2, 0.25) is 0 Å². The van der Waals surface area contributed by atoms with E-state index in [0.717, 1.165) is 29.7 Å². The second-order valence-electron chi connectivity index (χ2n) is 6.26. The standard InChI is InChI=1S/C17H17BrFN5O/c1-23-16-14(15(18)22-23)17(21-9-20-16)24(12-6-7-12)8-13(25)10-2-4-11(19)5-3-10/h2-5,9,12-13,25H,6-8H2,1H3. The molecule has 0 saturated heterocycles. The van der Waals surface area contributed by atoms with E-state index in [0.29, 0.717) is 22.8 Å². The Morgan fingerprint density at radius 1 is 1.32 bits per heavy atom. The molecule has 1 aromatic carbocycles. The molecule has 1 unspecified atom stereocenters. The Kier molecular flexibility index (Phi) is 4.16. The van der Waals surface area contributed by atoms with E-state index in [-0.39, 0.29) is 5.82 Å². The lowest BCUT2D eigenvalue weighted by Crippen LogP contribution is -2.31. The molecule has 0 bridgehead atoms. The van der Waals surface area contributed by atoms with Gasteiger partial charge in [-0.2, -0.15) is 5.10 Å². The Morgan fingerprint density at radius 2 is 2.04 bits per heavy atom. The lowest BCUT2D eigenvalue weighted by Gasteiger charge is -2.27. The van der Waals surface area contributed by atoms with Gasteiger partial charge in [-0.25, -0.2) is 19.0 Å². The van der Waals surface area contributed by atoms with E-state index in [1.54, 1.807) is 16.8 Å². The predicted octanol–water partition coefficient (Wildman–Crippen LogP) is 2.97. The summed E-state index contributed by atoms with van der Waals surface area (Å²) in [5.74, 6) is 0.445. The summed E-state index contributed by atoms with van der Waals surface area (Å²) < 4.78 is 15.5. The number of fused-ring (bicyclic) bond motifs is 1. The van der Waals surface area contributed by atoms with Crippen LogP contribution in [0.15, 0.2) is 35.2 Å². The molecule has 3 aromatic rings. The highest BCUT2D eigenvalue weighted by atomic mass is 79.9. The maximum Gasteiger partial charge on any atom is 0.164 e. The van der Waals surface area contributed by atoms with Crippen LogP contribution in [0.3, 0.4) is 0 Å². The molecule has 8 heteroatoms. The summed E-state index contributed by atoms with van der Waals surface area (Å²) in [4.78, 5) is 10.9. The van der Waals surface area contributed by atoms with Crippen LogP contribution in [-0.4, -0.2) is 37.4 Å². The van der Waals surface area contributed by atoms with E-state index >= 15 is 0 Å². The molecule has 2 aromatic heterocycles. The highest BCUT2D eigenvalue weighted by Gasteiger charge is 2.33. The summed E-state index contributed by atoms with van der Waals surface area (Å²) in [5, 5.41) is 15.8. The number of halogens is 2. The van der Waals surface area contributed by atoms with Gasteiger partial charge in [0.2, 0.25) is 0 Å². The molecule has 130 valence electrons. The molecule has 0 aliphatic heterocycles. The van der Waals surface area contributed by atoms with Crippen molar-refractivity contribution in [2.45, 2.75) is 25.0 Å². The summed E-state index contributed by atoms with van der Waals surface area (Å²) in [6, 6.07) is 6.28. The van der Waals surface area contributed by atoms with E-state index in [4.69, 9.17) is 0 Å². The molecular weight excluding hydrogens is 389 g/mol. The van der Waals surface area contributed by atoms with Crippen molar-refractivity contribution < 1.29 is 9.50 Å². The topological polar surface area (TPSA) is 67.1 Å². The summed E-state index contributed by atoms with van der Waals surface area (Å²) in [7, 11) is 1.83. The van der Waals surface area contributed by atoms with Crippen molar-refractivity contribution >= 4 is 32.8 Å². The molecule has 2 heterocycles. The molecule has 0 radical (unpaired) electrons. The van der Waals surface area contributed by atoms with E-state index in [2.05, 4.69) is 35.9 Å². The van der Waals surface area contributed by atoms with Crippen molar-refractivity contribution in [2.75, 3.05) is 11.4 Å². The van der Waals surface area contributed by atoms with Gasteiger partial charge in [-0.15, -0.1) is 0 Å². The van der Waals surface area contributed by atoms with Crippen LogP contribution in [0.25, 0.3) is 11.0 Å². The first kappa shape index (κ1) is 16.4. The largest absolute Gasteiger partial charge is 0.387 e. The van der Waals surface area contributed by atoms with Crippen molar-refractivity contribution in [1.29, 1.82) is 0 Å². The number of rotatable bonds is 5. The van der Waals surface area contributed by atoms with Crippen molar-refractivity contribution in [1.82, 2.24) is 19.7 Å². The first-order valence-electron chi connectivity index (χ1n) is 8.08. The van der Waals surface area contributed by atoms with Gasteiger partial charge in [0.05, 0.1) is 11.5 Å². The van der Waals surface area contributed by atoms with Gasteiger partial charge in [-0.3, -0.25) is 0 Å². The van der Waals surface area contributed by atoms with Gasteiger partial charge < -0.3 is 10.0 Å². The Hall–Kier alpha value is -2.06. The fraction of sp³-hybridized carbons (Fsp3) is 0.353. The van der Waals surface area contributed by atoms with Gasteiger partial charge >= 0.3 is 0 Å². The first-order chi connectivity index (χ1) is 12.0. The number of aliphatic hydroxyl groups is 1. The Morgan fingerprint density at radius 3 is 2.72 bits per heavy atom. The highest BCUT2D eigenvalue weighted by Crippen LogP contribution is 2.37. The van der Waals surface area contributed by atoms with Crippen molar-refractivity contribution in [3.8, 4) is 0 Å². The first-order valence-corrected chi connectivity index (χ1v) is 8.87. The lowest BCUT2D eigenvalue weighted by molar-refractivity contribution is 0.182. The number of anilines is 1. The van der Waals surface area contributed by atoms with Crippen LogP contribution in [0, 0.1) is 5.82 Å². The van der Waals surface area contributed by atoms with E-state index in [1.165, 1.54) is 18.5 Å². The molecule has 1 aliphatic rings. The van der Waals surface area contributed by atoms with E-state index < -0.39 is 6.10 Å². The Labute approximate surface area is 152 Å². The average molecular weight is 406 g/mol. The highest BCUT2D eigenvalue weighted by molar-refractivity contribution is 9.10. The summed E-state index contributed by atoms with van der Waals surface area (Å²) in [6.45, 7) is 0.379. The van der Waals surface area contributed by atoms with Crippen LogP contribution in [0.5, 0.6) is 0 Å². The maximum atomic E-state index is 13.1. The zero-order valence-corrected chi connectivity index (χ0v) is 15.2. The molecule has 4 rings (SSSR count). The van der Waals surface area contributed by atoms with Crippen LogP contribution in [-0.2, 0) is 7.05 Å². The number of hydrogen-bond acceptors (Lipinski definition) is 5. The lowest BCUT2D eigenvalue weighted by atomic mass is 10.1. The molecule has 25 heavy (non-hydrogen) atoms. The van der Waals surface area contributed by atoms with Crippen LogP contribution in [0.4, 0.5) is 10.2 Å². The van der Waals surface area contributed by atoms with Gasteiger partial charge in [-0.1, -0.05) is 12.1 Å². The zero-order valence-electron chi connectivity index (χ0n) is 13.6. The zero-order chi connectivity index (χ0) is 17.6. The smallest absolute Gasteiger partial charge is 0.164 e. The van der Waals surface area contributed by atoms with Crippen LogP contribution < -0.4 is 4.90 Å². The number of hydrogen-bond donors (Lipinski definition) is 1.